The van der Waals surface area contributed by atoms with E-state index >= 15 is 0 Å². The van der Waals surface area contributed by atoms with E-state index in [2.05, 4.69) is 5.32 Å². The first-order chi connectivity index (χ1) is 11.3. The van der Waals surface area contributed by atoms with E-state index in [0.29, 0.717) is 0 Å². The molecule has 2 amide bonds. The van der Waals surface area contributed by atoms with E-state index in [1.807, 2.05) is 25.1 Å². The molecule has 0 radical (unpaired) electrons. The third-order valence-electron chi connectivity index (χ3n) is 4.12. The van der Waals surface area contributed by atoms with Crippen molar-refractivity contribution < 1.29 is 24.6 Å². The number of carbonyl (C=O) groups is 3. The second kappa shape index (κ2) is 7.44. The third-order valence-corrected chi connectivity index (χ3v) is 4.12. The van der Waals surface area contributed by atoms with Gasteiger partial charge in [0.1, 0.15) is 12.1 Å². The molecule has 1 aromatic carbocycles. The molecule has 0 aromatic heterocycles. The number of benzene rings is 1. The van der Waals surface area contributed by atoms with Crippen LogP contribution in [0.1, 0.15) is 24.5 Å². The minimum atomic E-state index is -1.14. The molecule has 1 aliphatic heterocycles. The number of amides is 2. The molecule has 0 spiro atoms. The van der Waals surface area contributed by atoms with Crippen LogP contribution in [0, 0.1) is 6.92 Å². The zero-order valence-electron chi connectivity index (χ0n) is 13.7. The first kappa shape index (κ1) is 17.9. The summed E-state index contributed by atoms with van der Waals surface area (Å²) < 4.78 is 0. The Balaban J connectivity index is 2.08. The Morgan fingerprint density at radius 2 is 2.08 bits per heavy atom. The van der Waals surface area contributed by atoms with Crippen LogP contribution in [-0.4, -0.2) is 57.6 Å². The quantitative estimate of drug-likeness (QED) is 0.707. The maximum Gasteiger partial charge on any atom is 0.326 e. The van der Waals surface area contributed by atoms with Gasteiger partial charge in [0, 0.05) is 26.3 Å². The zero-order valence-corrected chi connectivity index (χ0v) is 13.7. The number of carboxylic acid groups (broad SMARTS) is 1. The minimum Gasteiger partial charge on any atom is -0.480 e. The topological polar surface area (TPSA) is 107 Å². The van der Waals surface area contributed by atoms with Crippen LogP contribution in [0.4, 0.5) is 0 Å². The molecule has 7 nitrogen and oxygen atoms in total. The molecule has 0 unspecified atom stereocenters. The van der Waals surface area contributed by atoms with Crippen LogP contribution >= 0.6 is 0 Å². The molecule has 0 aliphatic carbocycles. The molecule has 1 fully saturated rings. The number of nitrogens with zero attached hydrogens (tertiary/aromatic N) is 1. The minimum absolute atomic E-state index is 0.0863. The number of carbonyl (C=O) groups excluding carboxylic acids is 2. The summed E-state index contributed by atoms with van der Waals surface area (Å²) in [4.78, 5) is 36.7. The molecule has 7 heteroatoms. The standard InChI is InChI=1S/C17H22N2O5/c1-10-4-3-5-12(6-10)7-14(17(23)24)18-16(22)15-8-13(21)9-19(15)11(2)20/h3-6,13-15,21H,7-9H2,1-2H3,(H,18,22)(H,23,24)/t13-,14+,15+/m1/s1. The predicted octanol–water partition coefficient (Wildman–Crippen LogP) is 0.0886. The summed E-state index contributed by atoms with van der Waals surface area (Å²) in [6.07, 6.45) is -0.509. The molecule has 3 atom stereocenters. The average Bonchev–Trinajstić information content (AvgIpc) is 2.89. The lowest BCUT2D eigenvalue weighted by Crippen LogP contribution is -2.51. The summed E-state index contributed by atoms with van der Waals surface area (Å²) in [5.74, 6) is -2.02. The van der Waals surface area contributed by atoms with Crippen LogP contribution in [0.2, 0.25) is 0 Å². The highest BCUT2D eigenvalue weighted by Crippen LogP contribution is 2.18. The third kappa shape index (κ3) is 4.32. The van der Waals surface area contributed by atoms with Gasteiger partial charge in [-0.3, -0.25) is 9.59 Å². The molecule has 1 aromatic rings. The second-order valence-electron chi connectivity index (χ2n) is 6.17. The Morgan fingerprint density at radius 1 is 1.38 bits per heavy atom. The number of aliphatic hydroxyl groups is 1. The van der Waals surface area contributed by atoms with Crippen molar-refractivity contribution in [3.05, 3.63) is 35.4 Å². The Kier molecular flexibility index (Phi) is 5.56. The number of β-amino-alcohol motifs (C(OH)–C–C–N with tert-alkyl or cyclic N) is 1. The number of carboxylic acids is 1. The fraction of sp³-hybridized carbons (Fsp3) is 0.471. The van der Waals surface area contributed by atoms with Gasteiger partial charge in [0.25, 0.3) is 0 Å². The maximum absolute atomic E-state index is 12.4. The van der Waals surface area contributed by atoms with Crippen LogP contribution in [-0.2, 0) is 20.8 Å². The summed E-state index contributed by atoms with van der Waals surface area (Å²) >= 11 is 0. The number of nitrogens with one attached hydrogen (secondary N) is 1. The van der Waals surface area contributed by atoms with Gasteiger partial charge in [0.15, 0.2) is 0 Å². The van der Waals surface area contributed by atoms with Crippen LogP contribution in [0.15, 0.2) is 24.3 Å². The molecule has 3 N–H and O–H groups in total. The molecular weight excluding hydrogens is 312 g/mol. The number of aliphatic carboxylic acids is 1. The van der Waals surface area contributed by atoms with Crippen LogP contribution < -0.4 is 5.32 Å². The highest BCUT2D eigenvalue weighted by Gasteiger charge is 2.38. The largest absolute Gasteiger partial charge is 0.480 e. The van der Waals surface area contributed by atoms with E-state index in [1.54, 1.807) is 6.07 Å². The monoisotopic (exact) mass is 334 g/mol. The van der Waals surface area contributed by atoms with E-state index in [-0.39, 0.29) is 25.3 Å². The smallest absolute Gasteiger partial charge is 0.326 e. The van der Waals surface area contributed by atoms with E-state index in [9.17, 15) is 24.6 Å². The van der Waals surface area contributed by atoms with Crippen LogP contribution in [0.3, 0.4) is 0 Å². The van der Waals surface area contributed by atoms with Gasteiger partial charge < -0.3 is 20.4 Å². The number of hydrogen-bond acceptors (Lipinski definition) is 4. The summed E-state index contributed by atoms with van der Waals surface area (Å²) in [5.41, 5.74) is 1.81. The van der Waals surface area contributed by atoms with Gasteiger partial charge in [-0.25, -0.2) is 4.79 Å². The van der Waals surface area contributed by atoms with Gasteiger partial charge in [0.05, 0.1) is 6.10 Å². The number of rotatable bonds is 5. The van der Waals surface area contributed by atoms with E-state index in [0.717, 1.165) is 11.1 Å². The number of aliphatic hydroxyl groups excluding tert-OH is 1. The number of hydrogen-bond donors (Lipinski definition) is 3. The van der Waals surface area contributed by atoms with Crippen LogP contribution in [0.25, 0.3) is 0 Å². The first-order valence-electron chi connectivity index (χ1n) is 7.82. The maximum atomic E-state index is 12.4. The van der Waals surface area contributed by atoms with Crippen molar-refractivity contribution in [1.82, 2.24) is 10.2 Å². The molecule has 1 heterocycles. The van der Waals surface area contributed by atoms with E-state index < -0.39 is 30.1 Å². The molecule has 1 saturated heterocycles. The molecule has 130 valence electrons. The lowest BCUT2D eigenvalue weighted by molar-refractivity contribution is -0.143. The summed E-state index contributed by atoms with van der Waals surface area (Å²) in [6.45, 7) is 3.31. The molecule has 24 heavy (non-hydrogen) atoms. The summed E-state index contributed by atoms with van der Waals surface area (Å²) in [5, 5.41) is 21.6. The lowest BCUT2D eigenvalue weighted by Gasteiger charge is -2.24. The molecular formula is C17H22N2O5. The van der Waals surface area contributed by atoms with E-state index in [1.165, 1.54) is 11.8 Å². The fourth-order valence-corrected chi connectivity index (χ4v) is 2.95. The highest BCUT2D eigenvalue weighted by molar-refractivity contribution is 5.90. The zero-order chi connectivity index (χ0) is 17.9. The van der Waals surface area contributed by atoms with Crippen molar-refractivity contribution in [1.29, 1.82) is 0 Å². The number of aryl methyl sites for hydroxylation is 1. The van der Waals surface area contributed by atoms with Crippen molar-refractivity contribution in [3.8, 4) is 0 Å². The lowest BCUT2D eigenvalue weighted by atomic mass is 10.0. The molecule has 0 bridgehead atoms. The van der Waals surface area contributed by atoms with Gasteiger partial charge in [-0.05, 0) is 12.5 Å². The summed E-state index contributed by atoms with van der Waals surface area (Å²) in [6, 6.07) is 5.47. The van der Waals surface area contributed by atoms with Gasteiger partial charge in [-0.15, -0.1) is 0 Å². The molecule has 1 aliphatic rings. The SMILES string of the molecule is CC(=O)N1C[C@H](O)C[C@H]1C(=O)N[C@@H](Cc1cccc(C)c1)C(=O)O. The van der Waals surface area contributed by atoms with Crippen molar-refractivity contribution in [2.75, 3.05) is 6.54 Å². The first-order valence-corrected chi connectivity index (χ1v) is 7.82. The van der Waals surface area contributed by atoms with Crippen molar-refractivity contribution in [3.63, 3.8) is 0 Å². The Hall–Kier alpha value is -2.41. The number of likely N-dealkylation sites (tertiary alicyclic amines) is 1. The Labute approximate surface area is 140 Å². The molecule has 0 saturated carbocycles. The van der Waals surface area contributed by atoms with E-state index in [4.69, 9.17) is 0 Å². The van der Waals surface area contributed by atoms with Crippen LogP contribution in [0.5, 0.6) is 0 Å². The van der Waals surface area contributed by atoms with Gasteiger partial charge in [-0.2, -0.15) is 0 Å². The predicted molar refractivity (Wildman–Crippen MR) is 86.2 cm³/mol. The van der Waals surface area contributed by atoms with Gasteiger partial charge in [-0.1, -0.05) is 29.8 Å². The van der Waals surface area contributed by atoms with Crippen molar-refractivity contribution in [2.45, 2.75) is 44.9 Å². The summed E-state index contributed by atoms with van der Waals surface area (Å²) in [7, 11) is 0. The normalized spacial score (nSPS) is 21.4. The Morgan fingerprint density at radius 3 is 2.67 bits per heavy atom. The second-order valence-corrected chi connectivity index (χ2v) is 6.17. The fourth-order valence-electron chi connectivity index (χ4n) is 2.95. The van der Waals surface area contributed by atoms with Gasteiger partial charge in [0.2, 0.25) is 11.8 Å². The average molecular weight is 334 g/mol. The Bertz CT molecular complexity index is 646. The van der Waals surface area contributed by atoms with Crippen molar-refractivity contribution >= 4 is 17.8 Å². The van der Waals surface area contributed by atoms with Crippen molar-refractivity contribution in [2.24, 2.45) is 0 Å². The molecule has 2 rings (SSSR count). The van der Waals surface area contributed by atoms with Gasteiger partial charge >= 0.3 is 5.97 Å². The highest BCUT2D eigenvalue weighted by atomic mass is 16.4.